The van der Waals surface area contributed by atoms with Gasteiger partial charge in [-0.3, -0.25) is 4.79 Å². The van der Waals surface area contributed by atoms with Crippen molar-refractivity contribution >= 4 is 6.29 Å². The Morgan fingerprint density at radius 3 is 2.45 bits per heavy atom. The predicted octanol–water partition coefficient (Wildman–Crippen LogP) is 2.26. The summed E-state index contributed by atoms with van der Waals surface area (Å²) in [7, 11) is 0. The van der Waals surface area contributed by atoms with E-state index in [1.165, 1.54) is 12.1 Å². The summed E-state index contributed by atoms with van der Waals surface area (Å²) >= 11 is 0. The molecule has 1 rings (SSSR count). The highest BCUT2D eigenvalue weighted by atomic mass is 19.1. The van der Waals surface area contributed by atoms with Crippen LogP contribution >= 0.6 is 0 Å². The molecule has 0 N–H and O–H groups in total. The minimum absolute atomic E-state index is 0.256. The molecule has 0 spiro atoms. The number of rotatable bonds is 1. The minimum atomic E-state index is -0.256. The van der Waals surface area contributed by atoms with E-state index in [0.29, 0.717) is 11.1 Å². The third-order valence-electron chi connectivity index (χ3n) is 1.89. The minimum Gasteiger partial charge on any atom is -0.298 e. The Morgan fingerprint density at radius 2 is 1.91 bits per heavy atom. The van der Waals surface area contributed by atoms with Gasteiger partial charge in [0.25, 0.3) is 0 Å². The molecular formula is C9H9FO. The summed E-state index contributed by atoms with van der Waals surface area (Å²) < 4.78 is 12.8. The summed E-state index contributed by atoms with van der Waals surface area (Å²) in [6.45, 7) is 3.40. The molecule has 0 bridgehead atoms. The lowest BCUT2D eigenvalue weighted by atomic mass is 10.0. The highest BCUT2D eigenvalue weighted by Gasteiger charge is 2.03. The van der Waals surface area contributed by atoms with Crippen LogP contribution in [0.3, 0.4) is 0 Å². The van der Waals surface area contributed by atoms with E-state index >= 15 is 0 Å². The molecule has 0 heterocycles. The van der Waals surface area contributed by atoms with Crippen LogP contribution in [-0.2, 0) is 0 Å². The number of aldehydes is 1. The molecule has 0 radical (unpaired) electrons. The Bertz CT molecular complexity index is 292. The van der Waals surface area contributed by atoms with E-state index < -0.39 is 0 Å². The second kappa shape index (κ2) is 2.82. The topological polar surface area (TPSA) is 17.1 Å². The van der Waals surface area contributed by atoms with Gasteiger partial charge in [-0.2, -0.15) is 0 Å². The van der Waals surface area contributed by atoms with E-state index in [0.717, 1.165) is 11.8 Å². The molecule has 0 unspecified atom stereocenters. The van der Waals surface area contributed by atoms with Gasteiger partial charge in [0.2, 0.25) is 0 Å². The molecule has 0 fully saturated rings. The third kappa shape index (κ3) is 1.29. The molecule has 0 saturated heterocycles. The van der Waals surface area contributed by atoms with Gasteiger partial charge in [-0.1, -0.05) is 0 Å². The SMILES string of the molecule is Cc1c(F)ccc(C=O)c1C. The van der Waals surface area contributed by atoms with Gasteiger partial charge in [0.1, 0.15) is 12.1 Å². The molecule has 2 heteroatoms. The zero-order chi connectivity index (χ0) is 8.43. The van der Waals surface area contributed by atoms with Crippen molar-refractivity contribution in [3.63, 3.8) is 0 Å². The average molecular weight is 152 g/mol. The lowest BCUT2D eigenvalue weighted by molar-refractivity contribution is 0.112. The van der Waals surface area contributed by atoms with Gasteiger partial charge in [-0.15, -0.1) is 0 Å². The zero-order valence-corrected chi connectivity index (χ0v) is 6.52. The quantitative estimate of drug-likeness (QED) is 0.564. The summed E-state index contributed by atoms with van der Waals surface area (Å²) in [4.78, 5) is 10.4. The Morgan fingerprint density at radius 1 is 1.27 bits per heavy atom. The van der Waals surface area contributed by atoms with E-state index in [1.54, 1.807) is 13.8 Å². The summed E-state index contributed by atoms with van der Waals surface area (Å²) in [6.07, 6.45) is 0.738. The standard InChI is InChI=1S/C9H9FO/c1-6-7(2)9(10)4-3-8(6)5-11/h3-5H,1-2H3. The highest BCUT2D eigenvalue weighted by molar-refractivity contribution is 5.77. The van der Waals surface area contributed by atoms with Crippen LogP contribution in [0.5, 0.6) is 0 Å². The Hall–Kier alpha value is -1.18. The monoisotopic (exact) mass is 152 g/mol. The third-order valence-corrected chi connectivity index (χ3v) is 1.89. The van der Waals surface area contributed by atoms with Crippen molar-refractivity contribution in [2.45, 2.75) is 13.8 Å². The highest BCUT2D eigenvalue weighted by Crippen LogP contribution is 2.14. The smallest absolute Gasteiger partial charge is 0.150 e. The first kappa shape index (κ1) is 7.92. The van der Waals surface area contributed by atoms with Gasteiger partial charge in [-0.05, 0) is 37.1 Å². The van der Waals surface area contributed by atoms with E-state index in [1.807, 2.05) is 0 Å². The summed E-state index contributed by atoms with van der Waals surface area (Å²) in [6, 6.07) is 2.80. The molecule has 11 heavy (non-hydrogen) atoms. The van der Waals surface area contributed by atoms with E-state index in [-0.39, 0.29) is 5.82 Å². The molecule has 0 amide bonds. The molecule has 0 aromatic heterocycles. The van der Waals surface area contributed by atoms with Crippen molar-refractivity contribution in [2.24, 2.45) is 0 Å². The molecular weight excluding hydrogens is 143 g/mol. The summed E-state index contributed by atoms with van der Waals surface area (Å²) in [5.41, 5.74) is 1.83. The number of benzene rings is 1. The van der Waals surface area contributed by atoms with Crippen molar-refractivity contribution in [1.82, 2.24) is 0 Å². The van der Waals surface area contributed by atoms with Crippen LogP contribution in [0.25, 0.3) is 0 Å². The second-order valence-electron chi connectivity index (χ2n) is 2.50. The van der Waals surface area contributed by atoms with Crippen LogP contribution in [0, 0.1) is 19.7 Å². The lowest BCUT2D eigenvalue weighted by Crippen LogP contribution is -1.92. The number of halogens is 1. The normalized spacial score (nSPS) is 9.73. The van der Waals surface area contributed by atoms with Gasteiger partial charge in [0, 0.05) is 5.56 Å². The van der Waals surface area contributed by atoms with Crippen molar-refractivity contribution in [3.8, 4) is 0 Å². The maximum Gasteiger partial charge on any atom is 0.150 e. The average Bonchev–Trinajstić information content (AvgIpc) is 2.01. The van der Waals surface area contributed by atoms with Crippen molar-refractivity contribution in [1.29, 1.82) is 0 Å². The Balaban J connectivity index is 3.36. The van der Waals surface area contributed by atoms with E-state index in [2.05, 4.69) is 0 Å². The number of hydrogen-bond donors (Lipinski definition) is 0. The largest absolute Gasteiger partial charge is 0.298 e. The molecule has 58 valence electrons. The molecule has 1 aromatic carbocycles. The molecule has 0 aliphatic heterocycles. The fourth-order valence-corrected chi connectivity index (χ4v) is 0.936. The first-order valence-corrected chi connectivity index (χ1v) is 3.37. The zero-order valence-electron chi connectivity index (χ0n) is 6.52. The van der Waals surface area contributed by atoms with Crippen LogP contribution in [0.4, 0.5) is 4.39 Å². The van der Waals surface area contributed by atoms with Crippen LogP contribution in [0.2, 0.25) is 0 Å². The molecule has 0 aliphatic carbocycles. The number of hydrogen-bond acceptors (Lipinski definition) is 1. The van der Waals surface area contributed by atoms with Crippen molar-refractivity contribution < 1.29 is 9.18 Å². The van der Waals surface area contributed by atoms with E-state index in [9.17, 15) is 9.18 Å². The predicted molar refractivity (Wildman–Crippen MR) is 41.3 cm³/mol. The first-order valence-electron chi connectivity index (χ1n) is 3.37. The summed E-state index contributed by atoms with van der Waals surface area (Å²) in [5, 5.41) is 0. The van der Waals surface area contributed by atoms with Gasteiger partial charge in [0.05, 0.1) is 0 Å². The van der Waals surface area contributed by atoms with Crippen molar-refractivity contribution in [2.75, 3.05) is 0 Å². The van der Waals surface area contributed by atoms with Crippen molar-refractivity contribution in [3.05, 3.63) is 34.6 Å². The van der Waals surface area contributed by atoms with Crippen LogP contribution in [0.1, 0.15) is 21.5 Å². The molecule has 1 nitrogen and oxygen atoms in total. The number of carbonyl (C=O) groups is 1. The van der Waals surface area contributed by atoms with Crippen LogP contribution in [-0.4, -0.2) is 6.29 Å². The Kier molecular flexibility index (Phi) is 2.03. The fourth-order valence-electron chi connectivity index (χ4n) is 0.936. The second-order valence-corrected chi connectivity index (χ2v) is 2.50. The Labute approximate surface area is 64.9 Å². The van der Waals surface area contributed by atoms with Gasteiger partial charge in [0.15, 0.2) is 0 Å². The van der Waals surface area contributed by atoms with Gasteiger partial charge in [-0.25, -0.2) is 4.39 Å². The molecule has 0 saturated carbocycles. The van der Waals surface area contributed by atoms with Crippen LogP contribution < -0.4 is 0 Å². The van der Waals surface area contributed by atoms with Crippen LogP contribution in [0.15, 0.2) is 12.1 Å². The fraction of sp³-hybridized carbons (Fsp3) is 0.222. The molecule has 0 aliphatic rings. The maximum absolute atomic E-state index is 12.8. The molecule has 1 aromatic rings. The maximum atomic E-state index is 12.8. The number of carbonyl (C=O) groups excluding carboxylic acids is 1. The lowest BCUT2D eigenvalue weighted by Gasteiger charge is -2.02. The van der Waals surface area contributed by atoms with Gasteiger partial charge < -0.3 is 0 Å². The molecule has 0 atom stereocenters. The first-order chi connectivity index (χ1) is 5.16. The van der Waals surface area contributed by atoms with Gasteiger partial charge >= 0.3 is 0 Å². The van der Waals surface area contributed by atoms with E-state index in [4.69, 9.17) is 0 Å². The summed E-state index contributed by atoms with van der Waals surface area (Å²) in [5.74, 6) is -0.256.